The lowest BCUT2D eigenvalue weighted by molar-refractivity contribution is 0.171. The first-order valence-electron chi connectivity index (χ1n) is 7.12. The van der Waals surface area contributed by atoms with Crippen LogP contribution in [0.4, 0.5) is 11.8 Å². The predicted molar refractivity (Wildman–Crippen MR) is 85.2 cm³/mol. The Kier molecular flexibility index (Phi) is 4.31. The molecular formula is C15H17ClN4O2. The van der Waals surface area contributed by atoms with Crippen LogP contribution in [0.1, 0.15) is 19.3 Å². The molecule has 7 heteroatoms. The smallest absolute Gasteiger partial charge is 0.222 e. The summed E-state index contributed by atoms with van der Waals surface area (Å²) in [4.78, 5) is 8.14. The summed E-state index contributed by atoms with van der Waals surface area (Å²) in [5.41, 5.74) is 5.65. The van der Waals surface area contributed by atoms with E-state index in [0.29, 0.717) is 22.3 Å². The average Bonchev–Trinajstić information content (AvgIpc) is 2.89. The van der Waals surface area contributed by atoms with E-state index in [1.165, 1.54) is 6.20 Å². The zero-order chi connectivity index (χ0) is 15.5. The SMILES string of the molecule is Nc1ncc(Oc2ccc(Cl)cc2)c(NC2CCCC2O)n1. The van der Waals surface area contributed by atoms with Crippen molar-refractivity contribution in [2.75, 3.05) is 11.1 Å². The first-order valence-corrected chi connectivity index (χ1v) is 7.50. The molecule has 3 rings (SSSR count). The average molecular weight is 321 g/mol. The molecule has 2 aromatic rings. The van der Waals surface area contributed by atoms with Crippen LogP contribution in [0.25, 0.3) is 0 Å². The maximum Gasteiger partial charge on any atom is 0.222 e. The second-order valence-corrected chi connectivity index (χ2v) is 5.68. The molecule has 22 heavy (non-hydrogen) atoms. The Morgan fingerprint density at radius 1 is 1.27 bits per heavy atom. The maximum absolute atomic E-state index is 9.94. The highest BCUT2D eigenvalue weighted by atomic mass is 35.5. The summed E-state index contributed by atoms with van der Waals surface area (Å²) in [7, 11) is 0. The van der Waals surface area contributed by atoms with E-state index in [4.69, 9.17) is 22.1 Å². The summed E-state index contributed by atoms with van der Waals surface area (Å²) in [6.07, 6.45) is 3.77. The van der Waals surface area contributed by atoms with Gasteiger partial charge in [-0.3, -0.25) is 0 Å². The largest absolute Gasteiger partial charge is 0.452 e. The lowest BCUT2D eigenvalue weighted by Crippen LogP contribution is -2.28. The summed E-state index contributed by atoms with van der Waals surface area (Å²) >= 11 is 5.86. The number of nitrogens with one attached hydrogen (secondary N) is 1. The molecule has 1 aliphatic rings. The van der Waals surface area contributed by atoms with Gasteiger partial charge in [-0.05, 0) is 43.5 Å². The number of halogens is 1. The van der Waals surface area contributed by atoms with E-state index in [2.05, 4.69) is 15.3 Å². The Balaban J connectivity index is 1.82. The Hall–Kier alpha value is -2.05. The fraction of sp³-hybridized carbons (Fsp3) is 0.333. The second-order valence-electron chi connectivity index (χ2n) is 5.25. The third kappa shape index (κ3) is 3.40. The molecule has 1 fully saturated rings. The third-order valence-electron chi connectivity index (χ3n) is 3.62. The van der Waals surface area contributed by atoms with E-state index in [-0.39, 0.29) is 18.1 Å². The van der Waals surface area contributed by atoms with Crippen molar-refractivity contribution in [3.05, 3.63) is 35.5 Å². The van der Waals surface area contributed by atoms with E-state index in [0.717, 1.165) is 19.3 Å². The molecule has 1 aliphatic carbocycles. The van der Waals surface area contributed by atoms with Crippen LogP contribution in [0.5, 0.6) is 11.5 Å². The van der Waals surface area contributed by atoms with Gasteiger partial charge in [0.15, 0.2) is 11.6 Å². The minimum absolute atomic E-state index is 0.0538. The number of aliphatic hydroxyl groups excluding tert-OH is 1. The molecule has 2 atom stereocenters. The third-order valence-corrected chi connectivity index (χ3v) is 3.87. The number of nitrogen functional groups attached to an aromatic ring is 1. The van der Waals surface area contributed by atoms with Gasteiger partial charge in [0.1, 0.15) is 5.75 Å². The normalized spacial score (nSPS) is 20.8. The highest BCUT2D eigenvalue weighted by Gasteiger charge is 2.26. The zero-order valence-corrected chi connectivity index (χ0v) is 12.6. The number of anilines is 2. The highest BCUT2D eigenvalue weighted by Crippen LogP contribution is 2.31. The van der Waals surface area contributed by atoms with Gasteiger partial charge in [0.05, 0.1) is 18.3 Å². The lowest BCUT2D eigenvalue weighted by atomic mass is 10.2. The van der Waals surface area contributed by atoms with Gasteiger partial charge in [0.2, 0.25) is 5.95 Å². The van der Waals surface area contributed by atoms with Gasteiger partial charge in [-0.2, -0.15) is 4.98 Å². The van der Waals surface area contributed by atoms with Crippen molar-refractivity contribution >= 4 is 23.4 Å². The molecule has 1 aromatic carbocycles. The maximum atomic E-state index is 9.94. The molecule has 0 radical (unpaired) electrons. The minimum Gasteiger partial charge on any atom is -0.452 e. The number of nitrogens with two attached hydrogens (primary N) is 1. The molecule has 0 aliphatic heterocycles. The number of nitrogens with zero attached hydrogens (tertiary/aromatic N) is 2. The van der Waals surface area contributed by atoms with Crippen molar-refractivity contribution < 1.29 is 9.84 Å². The van der Waals surface area contributed by atoms with Crippen LogP contribution < -0.4 is 15.8 Å². The van der Waals surface area contributed by atoms with Crippen LogP contribution in [0.15, 0.2) is 30.5 Å². The van der Waals surface area contributed by atoms with Crippen molar-refractivity contribution in [3.63, 3.8) is 0 Å². The molecule has 0 bridgehead atoms. The summed E-state index contributed by atoms with van der Waals surface area (Å²) in [5.74, 6) is 1.70. The van der Waals surface area contributed by atoms with E-state index in [1.54, 1.807) is 24.3 Å². The Morgan fingerprint density at radius 2 is 2.05 bits per heavy atom. The fourth-order valence-corrected chi connectivity index (χ4v) is 2.60. The first-order chi connectivity index (χ1) is 10.6. The second kappa shape index (κ2) is 6.37. The molecule has 4 N–H and O–H groups in total. The topological polar surface area (TPSA) is 93.3 Å². The number of hydrogen-bond donors (Lipinski definition) is 3. The molecule has 0 saturated heterocycles. The standard InChI is InChI=1S/C15H17ClN4O2/c16-9-4-6-10(7-5-9)22-13-8-18-15(17)20-14(13)19-11-2-1-3-12(11)21/h4-8,11-12,21H,1-3H2,(H3,17,18,19,20). The van der Waals surface area contributed by atoms with Gasteiger partial charge in [0, 0.05) is 5.02 Å². The molecule has 6 nitrogen and oxygen atoms in total. The van der Waals surface area contributed by atoms with Gasteiger partial charge in [-0.1, -0.05) is 11.6 Å². The fourth-order valence-electron chi connectivity index (χ4n) is 2.48. The molecule has 116 valence electrons. The van der Waals surface area contributed by atoms with Gasteiger partial charge >= 0.3 is 0 Å². The minimum atomic E-state index is -0.389. The quantitative estimate of drug-likeness (QED) is 0.802. The van der Waals surface area contributed by atoms with Crippen molar-refractivity contribution in [3.8, 4) is 11.5 Å². The molecule has 0 spiro atoms. The van der Waals surface area contributed by atoms with Crippen LogP contribution in [0.3, 0.4) is 0 Å². The highest BCUT2D eigenvalue weighted by molar-refractivity contribution is 6.30. The Morgan fingerprint density at radius 3 is 2.73 bits per heavy atom. The molecule has 0 amide bonds. The van der Waals surface area contributed by atoms with Crippen molar-refractivity contribution in [2.24, 2.45) is 0 Å². The summed E-state index contributed by atoms with van der Waals surface area (Å²) < 4.78 is 5.78. The van der Waals surface area contributed by atoms with E-state index < -0.39 is 0 Å². The number of aromatic nitrogens is 2. The number of ether oxygens (including phenoxy) is 1. The van der Waals surface area contributed by atoms with Crippen LogP contribution >= 0.6 is 11.6 Å². The summed E-state index contributed by atoms with van der Waals surface area (Å²) in [6.45, 7) is 0. The molecular weight excluding hydrogens is 304 g/mol. The Labute approximate surface area is 133 Å². The van der Waals surface area contributed by atoms with E-state index in [9.17, 15) is 5.11 Å². The molecule has 2 unspecified atom stereocenters. The predicted octanol–water partition coefficient (Wildman–Crippen LogP) is 2.83. The van der Waals surface area contributed by atoms with Crippen LogP contribution in [0, 0.1) is 0 Å². The van der Waals surface area contributed by atoms with Crippen molar-refractivity contribution in [2.45, 2.75) is 31.4 Å². The van der Waals surface area contributed by atoms with E-state index >= 15 is 0 Å². The summed E-state index contributed by atoms with van der Waals surface area (Å²) in [5, 5.41) is 13.8. The zero-order valence-electron chi connectivity index (χ0n) is 11.9. The monoisotopic (exact) mass is 320 g/mol. The summed E-state index contributed by atoms with van der Waals surface area (Å²) in [6, 6.07) is 6.94. The van der Waals surface area contributed by atoms with Crippen molar-refractivity contribution in [1.82, 2.24) is 9.97 Å². The molecule has 1 aromatic heterocycles. The van der Waals surface area contributed by atoms with Crippen LogP contribution in [0.2, 0.25) is 5.02 Å². The molecule has 1 saturated carbocycles. The van der Waals surface area contributed by atoms with Gasteiger partial charge in [-0.15, -0.1) is 0 Å². The Bertz CT molecular complexity index is 650. The van der Waals surface area contributed by atoms with E-state index in [1.807, 2.05) is 0 Å². The molecule has 1 heterocycles. The van der Waals surface area contributed by atoms with Crippen LogP contribution in [-0.2, 0) is 0 Å². The number of aliphatic hydroxyl groups is 1. The number of rotatable bonds is 4. The van der Waals surface area contributed by atoms with Crippen LogP contribution in [-0.4, -0.2) is 27.2 Å². The van der Waals surface area contributed by atoms with Gasteiger partial charge < -0.3 is 20.9 Å². The number of hydrogen-bond acceptors (Lipinski definition) is 6. The lowest BCUT2D eigenvalue weighted by Gasteiger charge is -2.19. The van der Waals surface area contributed by atoms with Gasteiger partial charge in [-0.25, -0.2) is 4.98 Å². The first kappa shape index (κ1) is 14.9. The number of benzene rings is 1. The van der Waals surface area contributed by atoms with Gasteiger partial charge in [0.25, 0.3) is 0 Å². The van der Waals surface area contributed by atoms with Crippen molar-refractivity contribution in [1.29, 1.82) is 0 Å².